The summed E-state index contributed by atoms with van der Waals surface area (Å²) < 4.78 is 2.24. The minimum absolute atomic E-state index is 0.990. The minimum atomic E-state index is 0.990. The maximum atomic E-state index is 4.78. The Morgan fingerprint density at radius 1 is 0.463 bits per heavy atom. The molecule has 0 aliphatic carbocycles. The second kappa shape index (κ2) is 9.18. The van der Waals surface area contributed by atoms with Crippen LogP contribution < -0.4 is 0 Å². The van der Waals surface area contributed by atoms with E-state index in [0.717, 1.165) is 22.5 Å². The van der Waals surface area contributed by atoms with Crippen molar-refractivity contribution < 1.29 is 0 Å². The number of aryl methyl sites for hydroxylation is 2. The van der Waals surface area contributed by atoms with E-state index < -0.39 is 0 Å². The van der Waals surface area contributed by atoms with Gasteiger partial charge in [-0.25, -0.2) is 4.98 Å². The maximum absolute atomic E-state index is 4.78. The number of imidazole rings is 1. The van der Waals surface area contributed by atoms with E-state index in [2.05, 4.69) is 146 Å². The summed E-state index contributed by atoms with van der Waals surface area (Å²) >= 11 is 0. The number of benzene rings is 7. The first-order valence-electron chi connectivity index (χ1n) is 14.2. The van der Waals surface area contributed by atoms with E-state index in [4.69, 9.17) is 4.98 Å². The van der Waals surface area contributed by atoms with Crippen LogP contribution in [0.25, 0.3) is 71.3 Å². The summed E-state index contributed by atoms with van der Waals surface area (Å²) in [5, 5.41) is 7.68. The number of rotatable bonds is 3. The topological polar surface area (TPSA) is 17.8 Å². The van der Waals surface area contributed by atoms with Crippen LogP contribution in [0.1, 0.15) is 11.4 Å². The quantitative estimate of drug-likeness (QED) is 0.210. The number of hydrogen-bond donors (Lipinski definition) is 0. The summed E-state index contributed by atoms with van der Waals surface area (Å²) in [6.45, 7) is 4.27. The van der Waals surface area contributed by atoms with E-state index in [1.54, 1.807) is 0 Å². The summed E-state index contributed by atoms with van der Waals surface area (Å²) in [6, 6.07) is 48.4. The Kier molecular flexibility index (Phi) is 5.30. The zero-order valence-electron chi connectivity index (χ0n) is 23.1. The van der Waals surface area contributed by atoms with Gasteiger partial charge in [0, 0.05) is 5.69 Å². The first-order chi connectivity index (χ1) is 20.2. The fraction of sp³-hybridized carbons (Fsp3) is 0.0513. The molecule has 0 bridgehead atoms. The molecule has 0 aliphatic heterocycles. The average Bonchev–Trinajstić information content (AvgIpc) is 3.36. The molecule has 0 amide bonds. The predicted molar refractivity (Wildman–Crippen MR) is 174 cm³/mol. The molecule has 8 aromatic rings. The van der Waals surface area contributed by atoms with Crippen molar-refractivity contribution in [1.82, 2.24) is 9.55 Å². The molecule has 0 saturated heterocycles. The zero-order valence-corrected chi connectivity index (χ0v) is 23.1. The predicted octanol–water partition coefficient (Wildman–Crippen LogP) is 10.4. The highest BCUT2D eigenvalue weighted by atomic mass is 15.1. The normalized spacial score (nSPS) is 11.7. The molecule has 2 nitrogen and oxygen atoms in total. The standard InChI is InChI=1S/C39H28N2/c1-25-19-24-35(30-12-4-3-11-29(25)30)39-33-15-7-5-13-31(33)38(32-14-6-8-16-34(32)39)27-20-22-28(23-21-27)41-26(2)40-36-17-9-10-18-37(36)41/h3-24H,1-2H3. The third-order valence-corrected chi connectivity index (χ3v) is 8.49. The Labute approximate surface area is 239 Å². The Hall–Kier alpha value is -5.21. The Bertz CT molecular complexity index is 2210. The SMILES string of the molecule is Cc1ccc(-c2c3ccccc3c(-c3ccc(-n4c(C)nc5ccccc54)cc3)c3ccccc23)c2ccccc12. The second-order valence-electron chi connectivity index (χ2n) is 10.8. The van der Waals surface area contributed by atoms with Gasteiger partial charge in [0.2, 0.25) is 0 Å². The van der Waals surface area contributed by atoms with Gasteiger partial charge in [-0.15, -0.1) is 0 Å². The van der Waals surface area contributed by atoms with Crippen molar-refractivity contribution in [3.8, 4) is 27.9 Å². The lowest BCUT2D eigenvalue weighted by molar-refractivity contribution is 1.00. The third kappa shape index (κ3) is 3.61. The van der Waals surface area contributed by atoms with E-state index >= 15 is 0 Å². The van der Waals surface area contributed by atoms with Gasteiger partial charge in [-0.1, -0.05) is 109 Å². The number of fused-ring (bicyclic) bond motifs is 4. The van der Waals surface area contributed by atoms with Crippen LogP contribution in [0.15, 0.2) is 133 Å². The second-order valence-corrected chi connectivity index (χ2v) is 10.8. The summed E-state index contributed by atoms with van der Waals surface area (Å²) in [5.74, 6) is 0.990. The van der Waals surface area contributed by atoms with Crippen molar-refractivity contribution in [3.05, 3.63) is 145 Å². The van der Waals surface area contributed by atoms with Crippen molar-refractivity contribution in [2.24, 2.45) is 0 Å². The number of hydrogen-bond acceptors (Lipinski definition) is 1. The molecule has 0 atom stereocenters. The summed E-state index contributed by atoms with van der Waals surface area (Å²) in [6.07, 6.45) is 0. The summed E-state index contributed by atoms with van der Waals surface area (Å²) in [4.78, 5) is 4.78. The van der Waals surface area contributed by atoms with E-state index in [0.29, 0.717) is 0 Å². The van der Waals surface area contributed by atoms with Crippen molar-refractivity contribution in [2.75, 3.05) is 0 Å². The van der Waals surface area contributed by atoms with Crippen LogP contribution in [0.4, 0.5) is 0 Å². The molecule has 7 aromatic carbocycles. The molecule has 2 heteroatoms. The molecule has 0 fully saturated rings. The van der Waals surface area contributed by atoms with E-state index in [1.165, 1.54) is 60.1 Å². The first-order valence-corrected chi connectivity index (χ1v) is 14.2. The van der Waals surface area contributed by atoms with E-state index in [9.17, 15) is 0 Å². The molecule has 8 rings (SSSR count). The van der Waals surface area contributed by atoms with Crippen LogP contribution in [0, 0.1) is 13.8 Å². The molecule has 1 aromatic heterocycles. The molecule has 0 saturated carbocycles. The molecule has 41 heavy (non-hydrogen) atoms. The Morgan fingerprint density at radius 3 is 1.66 bits per heavy atom. The Balaban J connectivity index is 1.40. The Morgan fingerprint density at radius 2 is 1.00 bits per heavy atom. The molecule has 1 heterocycles. The van der Waals surface area contributed by atoms with Gasteiger partial charge in [-0.05, 0) is 98.2 Å². The molecule has 0 radical (unpaired) electrons. The van der Waals surface area contributed by atoms with Gasteiger partial charge in [0.25, 0.3) is 0 Å². The van der Waals surface area contributed by atoms with Gasteiger partial charge in [-0.2, -0.15) is 0 Å². The molecular formula is C39H28N2. The summed E-state index contributed by atoms with van der Waals surface area (Å²) in [7, 11) is 0. The number of para-hydroxylation sites is 2. The van der Waals surface area contributed by atoms with Crippen LogP contribution in [-0.2, 0) is 0 Å². The van der Waals surface area contributed by atoms with Gasteiger partial charge >= 0.3 is 0 Å². The fourth-order valence-corrected chi connectivity index (χ4v) is 6.65. The summed E-state index contributed by atoms with van der Waals surface area (Å²) in [5.41, 5.74) is 9.63. The van der Waals surface area contributed by atoms with Crippen molar-refractivity contribution in [2.45, 2.75) is 13.8 Å². The van der Waals surface area contributed by atoms with Crippen molar-refractivity contribution >= 4 is 43.4 Å². The first kappa shape index (κ1) is 23.7. The highest BCUT2D eigenvalue weighted by Gasteiger charge is 2.18. The molecule has 0 unspecified atom stereocenters. The van der Waals surface area contributed by atoms with Gasteiger partial charge in [0.1, 0.15) is 5.82 Å². The van der Waals surface area contributed by atoms with Crippen LogP contribution in [0.5, 0.6) is 0 Å². The lowest BCUT2D eigenvalue weighted by Gasteiger charge is -2.19. The van der Waals surface area contributed by atoms with Gasteiger partial charge in [-0.3, -0.25) is 4.57 Å². The van der Waals surface area contributed by atoms with Crippen molar-refractivity contribution in [3.63, 3.8) is 0 Å². The van der Waals surface area contributed by atoms with Gasteiger partial charge < -0.3 is 0 Å². The molecule has 0 aliphatic rings. The molecule has 0 spiro atoms. The molecule has 0 N–H and O–H groups in total. The lowest BCUT2D eigenvalue weighted by Crippen LogP contribution is -1.97. The largest absolute Gasteiger partial charge is 0.297 e. The highest BCUT2D eigenvalue weighted by Crippen LogP contribution is 2.45. The number of nitrogens with zero attached hydrogens (tertiary/aromatic N) is 2. The lowest BCUT2D eigenvalue weighted by atomic mass is 9.84. The fourth-order valence-electron chi connectivity index (χ4n) is 6.65. The molecule has 194 valence electrons. The van der Waals surface area contributed by atoms with Gasteiger partial charge in [0.15, 0.2) is 0 Å². The van der Waals surface area contributed by atoms with Crippen LogP contribution in [0.2, 0.25) is 0 Å². The van der Waals surface area contributed by atoms with Crippen LogP contribution >= 0.6 is 0 Å². The van der Waals surface area contributed by atoms with Gasteiger partial charge in [0.05, 0.1) is 11.0 Å². The van der Waals surface area contributed by atoms with Crippen LogP contribution in [-0.4, -0.2) is 9.55 Å². The monoisotopic (exact) mass is 524 g/mol. The van der Waals surface area contributed by atoms with Crippen LogP contribution in [0.3, 0.4) is 0 Å². The maximum Gasteiger partial charge on any atom is 0.111 e. The third-order valence-electron chi connectivity index (χ3n) is 8.49. The van der Waals surface area contributed by atoms with Crippen molar-refractivity contribution in [1.29, 1.82) is 0 Å². The minimum Gasteiger partial charge on any atom is -0.297 e. The highest BCUT2D eigenvalue weighted by molar-refractivity contribution is 6.23. The van der Waals surface area contributed by atoms with E-state index in [1.807, 2.05) is 6.07 Å². The zero-order chi connectivity index (χ0) is 27.5. The average molecular weight is 525 g/mol. The number of aromatic nitrogens is 2. The molecular weight excluding hydrogens is 496 g/mol. The van der Waals surface area contributed by atoms with E-state index in [-0.39, 0.29) is 0 Å². The smallest absolute Gasteiger partial charge is 0.111 e.